The van der Waals surface area contributed by atoms with Crippen LogP contribution in [0.3, 0.4) is 0 Å². The van der Waals surface area contributed by atoms with E-state index in [-0.39, 0.29) is 26.3 Å². The number of β-amino-alcohol motifs (C(OH)–C–C–N with tert-alkyl or cyclic N) is 1. The quantitative estimate of drug-likeness (QED) is 0.387. The van der Waals surface area contributed by atoms with Crippen LogP contribution in [-0.4, -0.2) is 64.5 Å². The lowest BCUT2D eigenvalue weighted by atomic mass is 9.79. The number of fused-ring (bicyclic) bond motifs is 1. The number of methoxy groups -OCH3 is 1. The second kappa shape index (κ2) is 12.2. The number of ether oxygens (including phenoxy) is 3. The number of allylic oxidation sites excluding steroid dienone is 2. The number of aliphatic hydroxyl groups is 1. The zero-order chi connectivity index (χ0) is 28.1. The van der Waals surface area contributed by atoms with E-state index in [2.05, 4.69) is 4.98 Å². The maximum atomic E-state index is 13.4. The van der Waals surface area contributed by atoms with E-state index >= 15 is 0 Å². The molecule has 0 aliphatic carbocycles. The summed E-state index contributed by atoms with van der Waals surface area (Å²) in [7, 11) is 1.56. The number of esters is 2. The number of hydrogen-bond acceptors (Lipinski definition) is 8. The van der Waals surface area contributed by atoms with Crippen LogP contribution in [0.15, 0.2) is 77.4 Å². The molecule has 39 heavy (non-hydrogen) atoms. The van der Waals surface area contributed by atoms with Crippen molar-refractivity contribution >= 4 is 23.0 Å². The maximum absolute atomic E-state index is 13.4. The van der Waals surface area contributed by atoms with Crippen LogP contribution in [0.5, 0.6) is 5.75 Å². The summed E-state index contributed by atoms with van der Waals surface area (Å²) in [5.41, 5.74) is 4.28. The van der Waals surface area contributed by atoms with Crippen molar-refractivity contribution in [2.45, 2.75) is 46.3 Å². The molecule has 2 aromatic carbocycles. The molecule has 0 spiro atoms. The molecule has 3 aromatic rings. The van der Waals surface area contributed by atoms with Crippen molar-refractivity contribution in [3.8, 4) is 5.75 Å². The molecule has 1 aliphatic rings. The van der Waals surface area contributed by atoms with Crippen LogP contribution < -0.4 is 4.74 Å². The molecule has 1 aromatic heterocycles. The van der Waals surface area contributed by atoms with Gasteiger partial charge in [0.2, 0.25) is 0 Å². The second-order valence-electron chi connectivity index (χ2n) is 9.30. The zero-order valence-electron chi connectivity index (χ0n) is 23.0. The van der Waals surface area contributed by atoms with E-state index in [9.17, 15) is 14.7 Å². The van der Waals surface area contributed by atoms with Gasteiger partial charge in [-0.3, -0.25) is 0 Å². The normalized spacial score (nSPS) is 15.1. The topological polar surface area (TPSA) is 103 Å². The van der Waals surface area contributed by atoms with Crippen molar-refractivity contribution in [1.82, 2.24) is 14.5 Å². The highest BCUT2D eigenvalue weighted by Gasteiger charge is 2.41. The first-order valence-electron chi connectivity index (χ1n) is 13.1. The Kier molecular flexibility index (Phi) is 8.71. The Morgan fingerprint density at radius 1 is 0.949 bits per heavy atom. The lowest BCUT2D eigenvalue weighted by Crippen LogP contribution is -2.39. The van der Waals surface area contributed by atoms with Gasteiger partial charge in [0, 0.05) is 11.4 Å². The summed E-state index contributed by atoms with van der Waals surface area (Å²) in [5, 5.41) is 11.2. The number of benzene rings is 2. The van der Waals surface area contributed by atoms with Gasteiger partial charge in [0.15, 0.2) is 0 Å². The first-order valence-corrected chi connectivity index (χ1v) is 13.1. The molecule has 0 saturated carbocycles. The van der Waals surface area contributed by atoms with E-state index in [0.29, 0.717) is 33.9 Å². The third-order valence-electron chi connectivity index (χ3n) is 6.91. The fourth-order valence-electron chi connectivity index (χ4n) is 5.13. The van der Waals surface area contributed by atoms with Crippen molar-refractivity contribution in [3.63, 3.8) is 0 Å². The fraction of sp³-hybridized carbons (Fsp3) is 0.367. The van der Waals surface area contributed by atoms with E-state index in [0.717, 1.165) is 11.0 Å². The molecule has 9 nitrogen and oxygen atoms in total. The van der Waals surface area contributed by atoms with E-state index < -0.39 is 24.0 Å². The Balaban J connectivity index is 1.78. The minimum Gasteiger partial charge on any atom is -0.497 e. The molecule has 9 heteroatoms. The van der Waals surface area contributed by atoms with Crippen LogP contribution in [-0.2, 0) is 25.6 Å². The summed E-state index contributed by atoms with van der Waals surface area (Å²) in [4.78, 5) is 33.1. The second-order valence-corrected chi connectivity index (χ2v) is 9.30. The predicted octanol–water partition coefficient (Wildman–Crippen LogP) is 4.18. The summed E-state index contributed by atoms with van der Waals surface area (Å²) in [6, 6.07) is 15.0. The summed E-state index contributed by atoms with van der Waals surface area (Å²) >= 11 is 0. The first-order chi connectivity index (χ1) is 18.8. The fourth-order valence-corrected chi connectivity index (χ4v) is 5.13. The van der Waals surface area contributed by atoms with Crippen molar-refractivity contribution in [3.05, 3.63) is 83.0 Å². The van der Waals surface area contributed by atoms with Gasteiger partial charge in [0.05, 0.1) is 73.9 Å². The predicted molar refractivity (Wildman–Crippen MR) is 147 cm³/mol. The van der Waals surface area contributed by atoms with Gasteiger partial charge in [-0.2, -0.15) is 0 Å². The largest absolute Gasteiger partial charge is 0.497 e. The smallest absolute Gasteiger partial charge is 0.336 e. The highest BCUT2D eigenvalue weighted by atomic mass is 16.5. The van der Waals surface area contributed by atoms with Gasteiger partial charge >= 0.3 is 11.9 Å². The Morgan fingerprint density at radius 2 is 1.59 bits per heavy atom. The average Bonchev–Trinajstić information content (AvgIpc) is 3.33. The number of carbonyl (C=O) groups excluding carboxylic acids is 2. The molecular formula is C30H35N3O6. The van der Waals surface area contributed by atoms with E-state index in [1.807, 2.05) is 54.8 Å². The third kappa shape index (κ3) is 5.68. The molecule has 0 saturated heterocycles. The number of para-hydroxylation sites is 2. The summed E-state index contributed by atoms with van der Waals surface area (Å²) in [5.74, 6) is -1.20. The van der Waals surface area contributed by atoms with Crippen LogP contribution in [0.1, 0.15) is 39.2 Å². The molecule has 1 aliphatic heterocycles. The summed E-state index contributed by atoms with van der Waals surface area (Å²) < 4.78 is 18.2. The van der Waals surface area contributed by atoms with Crippen LogP contribution in [0, 0.1) is 0 Å². The zero-order valence-corrected chi connectivity index (χ0v) is 23.0. The highest BCUT2D eigenvalue weighted by molar-refractivity contribution is 6.00. The van der Waals surface area contributed by atoms with Crippen molar-refractivity contribution in [1.29, 1.82) is 0 Å². The highest BCUT2D eigenvalue weighted by Crippen LogP contribution is 2.43. The Morgan fingerprint density at radius 3 is 2.21 bits per heavy atom. The van der Waals surface area contributed by atoms with Gasteiger partial charge in [0.25, 0.3) is 0 Å². The summed E-state index contributed by atoms with van der Waals surface area (Å²) in [6.45, 7) is 7.86. The Hall–Kier alpha value is -4.11. The number of carbonyl (C=O) groups is 2. The number of nitrogens with zero attached hydrogens (tertiary/aromatic N) is 3. The molecule has 1 N–H and O–H groups in total. The molecular weight excluding hydrogens is 498 g/mol. The van der Waals surface area contributed by atoms with Crippen LogP contribution in [0.2, 0.25) is 0 Å². The van der Waals surface area contributed by atoms with Gasteiger partial charge in [-0.1, -0.05) is 24.3 Å². The van der Waals surface area contributed by atoms with Gasteiger partial charge < -0.3 is 28.8 Å². The molecule has 1 atom stereocenters. The monoisotopic (exact) mass is 533 g/mol. The number of aromatic nitrogens is 2. The number of rotatable bonds is 10. The number of hydrogen-bond donors (Lipinski definition) is 1. The first kappa shape index (κ1) is 27.9. The van der Waals surface area contributed by atoms with Crippen LogP contribution in [0.25, 0.3) is 11.0 Å². The molecule has 0 radical (unpaired) electrons. The maximum Gasteiger partial charge on any atom is 0.336 e. The molecule has 1 unspecified atom stereocenters. The molecule has 206 valence electrons. The number of aliphatic hydroxyl groups excluding tert-OH is 1. The summed E-state index contributed by atoms with van der Waals surface area (Å²) in [6.07, 6.45) is 0.857. The molecule has 0 amide bonds. The molecule has 2 heterocycles. The lowest BCUT2D eigenvalue weighted by Gasteiger charge is -2.39. The van der Waals surface area contributed by atoms with Gasteiger partial charge in [-0.25, -0.2) is 14.6 Å². The number of imidazole rings is 1. The van der Waals surface area contributed by atoms with Gasteiger partial charge in [-0.05, 0) is 57.5 Å². The molecule has 0 bridgehead atoms. The minimum absolute atomic E-state index is 0.140. The van der Waals surface area contributed by atoms with E-state index in [1.165, 1.54) is 0 Å². The third-order valence-corrected chi connectivity index (χ3v) is 6.91. The van der Waals surface area contributed by atoms with Crippen LogP contribution in [0.4, 0.5) is 0 Å². The van der Waals surface area contributed by atoms with Crippen LogP contribution >= 0.6 is 0 Å². The standard InChI is InChI=1S/C30H35N3O6/c1-6-38-29(35)26-19(3)33(17-22(34)16-32-18-31-24-13-8-9-14-25(24)32)20(4)27(30(36)39-7-2)28(26)21-11-10-12-23(15-21)37-5/h8-15,18,22,28,34H,6-7,16-17H2,1-5H3. The molecule has 4 rings (SSSR count). The Labute approximate surface area is 228 Å². The van der Waals surface area contributed by atoms with Gasteiger partial charge in [-0.15, -0.1) is 0 Å². The van der Waals surface area contributed by atoms with E-state index in [4.69, 9.17) is 14.2 Å². The Bertz CT molecular complexity index is 1380. The SMILES string of the molecule is CCOC(=O)C1=C(C)N(CC(O)Cn2cnc3ccccc32)C(C)=C(C(=O)OCC)C1c1cccc(OC)c1. The minimum atomic E-state index is -0.840. The van der Waals surface area contributed by atoms with Gasteiger partial charge in [0.1, 0.15) is 5.75 Å². The van der Waals surface area contributed by atoms with E-state index in [1.54, 1.807) is 44.3 Å². The molecule has 0 fully saturated rings. The average molecular weight is 534 g/mol. The van der Waals surface area contributed by atoms with Crippen molar-refractivity contribution < 1.29 is 28.9 Å². The van der Waals surface area contributed by atoms with Crippen molar-refractivity contribution in [2.24, 2.45) is 0 Å². The van der Waals surface area contributed by atoms with Crippen molar-refractivity contribution in [2.75, 3.05) is 26.9 Å². The lowest BCUT2D eigenvalue weighted by molar-refractivity contribution is -0.139.